The van der Waals surface area contributed by atoms with E-state index < -0.39 is 5.41 Å². The van der Waals surface area contributed by atoms with Crippen molar-refractivity contribution >= 4 is 5.91 Å². The topological polar surface area (TPSA) is 68.0 Å². The lowest BCUT2D eigenvalue weighted by Crippen LogP contribution is -2.40. The van der Waals surface area contributed by atoms with Crippen molar-refractivity contribution in [2.75, 3.05) is 6.54 Å². The van der Waals surface area contributed by atoms with Crippen LogP contribution in [0.1, 0.15) is 19.5 Å². The lowest BCUT2D eigenvalue weighted by molar-refractivity contribution is -0.125. The largest absolute Gasteiger partial charge is 0.369 e. The highest BCUT2D eigenvalue weighted by Crippen LogP contribution is 2.11. The van der Waals surface area contributed by atoms with E-state index in [0.717, 1.165) is 5.69 Å². The number of carbonyl (C=O) groups excluding carboxylic acids is 1. The minimum atomic E-state index is -0.519. The third kappa shape index (κ3) is 3.67. The summed E-state index contributed by atoms with van der Waals surface area (Å²) in [5, 5.41) is 3.16. The Morgan fingerprint density at radius 2 is 2.27 bits per heavy atom. The fourth-order valence-electron chi connectivity index (χ4n) is 1.09. The van der Waals surface area contributed by atoms with E-state index in [1.54, 1.807) is 6.20 Å². The zero-order valence-corrected chi connectivity index (χ0v) is 9.16. The van der Waals surface area contributed by atoms with E-state index in [1.807, 2.05) is 32.0 Å². The molecule has 1 aromatic rings. The first-order chi connectivity index (χ1) is 7.02. The monoisotopic (exact) mass is 207 g/mol. The van der Waals surface area contributed by atoms with E-state index in [2.05, 4.69) is 10.3 Å². The molecule has 0 saturated carbocycles. The fraction of sp³-hybridized carbons (Fsp3) is 0.455. The first kappa shape index (κ1) is 11.7. The third-order valence-corrected chi connectivity index (χ3v) is 2.27. The number of pyridine rings is 1. The summed E-state index contributed by atoms with van der Waals surface area (Å²) in [7, 11) is 0. The highest BCUT2D eigenvalue weighted by Gasteiger charge is 2.23. The molecule has 0 fully saturated rings. The molecular formula is C11H17N3O. The molecule has 4 heteroatoms. The van der Waals surface area contributed by atoms with E-state index in [9.17, 15) is 4.79 Å². The Bertz CT molecular complexity index is 322. The van der Waals surface area contributed by atoms with Gasteiger partial charge in [0.2, 0.25) is 5.91 Å². The highest BCUT2D eigenvalue weighted by molar-refractivity contribution is 5.80. The predicted molar refractivity (Wildman–Crippen MR) is 58.9 cm³/mol. The molecule has 0 saturated heterocycles. The van der Waals surface area contributed by atoms with Crippen LogP contribution in [0.15, 0.2) is 24.4 Å². The fourth-order valence-corrected chi connectivity index (χ4v) is 1.09. The lowest BCUT2D eigenvalue weighted by Gasteiger charge is -2.20. The zero-order valence-electron chi connectivity index (χ0n) is 9.16. The van der Waals surface area contributed by atoms with Crippen LogP contribution in [-0.2, 0) is 11.3 Å². The van der Waals surface area contributed by atoms with Gasteiger partial charge >= 0.3 is 0 Å². The summed E-state index contributed by atoms with van der Waals surface area (Å²) in [6.07, 6.45) is 1.75. The highest BCUT2D eigenvalue weighted by atomic mass is 16.1. The van der Waals surface area contributed by atoms with Gasteiger partial charge < -0.3 is 11.1 Å². The molecule has 0 aliphatic heterocycles. The maximum Gasteiger partial charge on any atom is 0.224 e. The van der Waals surface area contributed by atoms with Crippen LogP contribution in [0.4, 0.5) is 0 Å². The van der Waals surface area contributed by atoms with E-state index in [0.29, 0.717) is 13.1 Å². The molecule has 0 aliphatic rings. The maximum atomic E-state index is 11.0. The zero-order chi connectivity index (χ0) is 11.3. The maximum absolute atomic E-state index is 11.0. The van der Waals surface area contributed by atoms with Crippen molar-refractivity contribution in [3.05, 3.63) is 30.1 Å². The van der Waals surface area contributed by atoms with Gasteiger partial charge in [-0.1, -0.05) is 6.07 Å². The minimum absolute atomic E-state index is 0.295. The Morgan fingerprint density at radius 1 is 1.53 bits per heavy atom. The van der Waals surface area contributed by atoms with Crippen molar-refractivity contribution in [1.82, 2.24) is 10.3 Å². The van der Waals surface area contributed by atoms with Crippen LogP contribution < -0.4 is 11.1 Å². The Balaban J connectivity index is 2.37. The molecule has 1 heterocycles. The van der Waals surface area contributed by atoms with Gasteiger partial charge in [-0.25, -0.2) is 0 Å². The molecule has 0 aromatic carbocycles. The Labute approximate surface area is 89.9 Å². The summed E-state index contributed by atoms with van der Waals surface area (Å²) in [4.78, 5) is 15.2. The second-order valence-corrected chi connectivity index (χ2v) is 4.17. The van der Waals surface area contributed by atoms with Crippen molar-refractivity contribution in [1.29, 1.82) is 0 Å². The molecule has 0 unspecified atom stereocenters. The third-order valence-electron chi connectivity index (χ3n) is 2.27. The minimum Gasteiger partial charge on any atom is -0.369 e. The van der Waals surface area contributed by atoms with Gasteiger partial charge in [-0.15, -0.1) is 0 Å². The Hall–Kier alpha value is -1.42. The van der Waals surface area contributed by atoms with Crippen LogP contribution in [-0.4, -0.2) is 17.4 Å². The van der Waals surface area contributed by atoms with E-state index >= 15 is 0 Å². The summed E-state index contributed by atoms with van der Waals surface area (Å²) in [6, 6.07) is 5.74. The second kappa shape index (κ2) is 4.89. The normalized spacial score (nSPS) is 11.3. The van der Waals surface area contributed by atoms with Crippen LogP contribution >= 0.6 is 0 Å². The number of rotatable bonds is 5. The molecule has 0 aliphatic carbocycles. The predicted octanol–water partition coefficient (Wildman–Crippen LogP) is 0.683. The van der Waals surface area contributed by atoms with Crippen molar-refractivity contribution in [3.63, 3.8) is 0 Å². The second-order valence-electron chi connectivity index (χ2n) is 4.17. The lowest BCUT2D eigenvalue weighted by atomic mass is 9.93. The molecule has 0 spiro atoms. The average Bonchev–Trinajstić information content (AvgIpc) is 2.19. The van der Waals surface area contributed by atoms with Gasteiger partial charge in [-0.3, -0.25) is 9.78 Å². The van der Waals surface area contributed by atoms with Crippen molar-refractivity contribution < 1.29 is 4.79 Å². The van der Waals surface area contributed by atoms with Crippen molar-refractivity contribution in [2.45, 2.75) is 20.4 Å². The van der Waals surface area contributed by atoms with E-state index in [1.165, 1.54) is 0 Å². The molecule has 82 valence electrons. The van der Waals surface area contributed by atoms with Crippen LogP contribution in [0.2, 0.25) is 0 Å². The summed E-state index contributed by atoms with van der Waals surface area (Å²) < 4.78 is 0. The summed E-state index contributed by atoms with van der Waals surface area (Å²) in [6.45, 7) is 4.85. The summed E-state index contributed by atoms with van der Waals surface area (Å²) in [5.74, 6) is -0.295. The first-order valence-corrected chi connectivity index (χ1v) is 4.93. The number of nitrogens with one attached hydrogen (secondary N) is 1. The smallest absolute Gasteiger partial charge is 0.224 e. The number of hydrogen-bond donors (Lipinski definition) is 2. The number of primary amides is 1. The van der Waals surface area contributed by atoms with E-state index in [-0.39, 0.29) is 5.91 Å². The van der Waals surface area contributed by atoms with Gasteiger partial charge in [0, 0.05) is 19.3 Å². The molecule has 1 amide bonds. The average molecular weight is 207 g/mol. The Morgan fingerprint density at radius 3 is 2.80 bits per heavy atom. The van der Waals surface area contributed by atoms with Gasteiger partial charge in [-0.2, -0.15) is 0 Å². The van der Waals surface area contributed by atoms with Gasteiger partial charge in [-0.05, 0) is 26.0 Å². The van der Waals surface area contributed by atoms with Crippen LogP contribution in [0.25, 0.3) is 0 Å². The number of carbonyl (C=O) groups is 1. The molecule has 0 bridgehead atoms. The number of nitrogens with two attached hydrogens (primary N) is 1. The summed E-state index contributed by atoms with van der Waals surface area (Å²) >= 11 is 0. The van der Waals surface area contributed by atoms with Gasteiger partial charge in [0.25, 0.3) is 0 Å². The molecule has 1 rings (SSSR count). The molecule has 15 heavy (non-hydrogen) atoms. The Kier molecular flexibility index (Phi) is 3.80. The quantitative estimate of drug-likeness (QED) is 0.746. The van der Waals surface area contributed by atoms with Crippen LogP contribution in [0.3, 0.4) is 0 Å². The van der Waals surface area contributed by atoms with Gasteiger partial charge in [0.15, 0.2) is 0 Å². The molecule has 0 atom stereocenters. The first-order valence-electron chi connectivity index (χ1n) is 4.93. The molecule has 0 radical (unpaired) electrons. The molecule has 1 aromatic heterocycles. The SMILES string of the molecule is CC(C)(CNCc1ccccn1)C(N)=O. The van der Waals surface area contributed by atoms with E-state index in [4.69, 9.17) is 5.73 Å². The van der Waals surface area contributed by atoms with Gasteiger partial charge in [0.1, 0.15) is 0 Å². The van der Waals surface area contributed by atoms with Crippen LogP contribution in [0, 0.1) is 5.41 Å². The van der Waals surface area contributed by atoms with Crippen molar-refractivity contribution in [3.8, 4) is 0 Å². The van der Waals surface area contributed by atoms with Crippen LogP contribution in [0.5, 0.6) is 0 Å². The molecular weight excluding hydrogens is 190 g/mol. The standard InChI is InChI=1S/C11H17N3O/c1-11(2,10(12)15)8-13-7-9-5-3-4-6-14-9/h3-6,13H,7-8H2,1-2H3,(H2,12,15). The number of nitrogens with zero attached hydrogens (tertiary/aromatic N) is 1. The molecule has 3 N–H and O–H groups in total. The van der Waals surface area contributed by atoms with Crippen molar-refractivity contribution in [2.24, 2.45) is 11.1 Å². The summed E-state index contributed by atoms with van der Waals surface area (Å²) in [5.41, 5.74) is 5.69. The number of aromatic nitrogens is 1. The van der Waals surface area contributed by atoms with Gasteiger partial charge in [0.05, 0.1) is 11.1 Å². The number of hydrogen-bond acceptors (Lipinski definition) is 3. The number of amides is 1. The molecule has 4 nitrogen and oxygen atoms in total.